The Morgan fingerprint density at radius 2 is 2.04 bits per heavy atom. The van der Waals surface area contributed by atoms with Gasteiger partial charge in [0.2, 0.25) is 0 Å². The highest BCUT2D eigenvalue weighted by Gasteiger charge is 2.24. The molecule has 3 heterocycles. The molecule has 0 aliphatic carbocycles. The third kappa shape index (κ3) is 3.28. The smallest absolute Gasteiger partial charge is 0.164 e. The third-order valence-electron chi connectivity index (χ3n) is 5.13. The lowest BCUT2D eigenvalue weighted by atomic mass is 9.90. The first-order chi connectivity index (χ1) is 12.7. The maximum absolute atomic E-state index is 5.34. The standard InChI is InChI=1S/C19H22BrN5O/c1-24-18-16(17(20)23-24)19(22-12-21-18)25-8-6-13(7-9-25)10-14-4-3-5-15(11-14)26-2/h3-5,11-13H,6-10H2,1-2H3. The van der Waals surface area contributed by atoms with E-state index in [4.69, 9.17) is 4.74 Å². The summed E-state index contributed by atoms with van der Waals surface area (Å²) in [5, 5.41) is 5.43. The number of rotatable bonds is 4. The number of ether oxygens (including phenoxy) is 1. The molecule has 0 amide bonds. The minimum Gasteiger partial charge on any atom is -0.497 e. The van der Waals surface area contributed by atoms with Gasteiger partial charge >= 0.3 is 0 Å². The molecule has 0 bridgehead atoms. The van der Waals surface area contributed by atoms with Gasteiger partial charge in [-0.1, -0.05) is 12.1 Å². The molecule has 26 heavy (non-hydrogen) atoms. The SMILES string of the molecule is COc1cccc(CC2CCN(c3ncnc4c3c(Br)nn4C)CC2)c1. The molecular weight excluding hydrogens is 394 g/mol. The summed E-state index contributed by atoms with van der Waals surface area (Å²) in [7, 11) is 3.63. The normalized spacial score (nSPS) is 15.6. The van der Waals surface area contributed by atoms with E-state index in [1.807, 2.05) is 13.1 Å². The van der Waals surface area contributed by atoms with Crippen LogP contribution in [0.25, 0.3) is 11.0 Å². The van der Waals surface area contributed by atoms with Gasteiger partial charge in [-0.25, -0.2) is 14.6 Å². The summed E-state index contributed by atoms with van der Waals surface area (Å²) in [5.41, 5.74) is 2.21. The maximum Gasteiger partial charge on any atom is 0.164 e. The predicted octanol–water partition coefficient (Wildman–Crippen LogP) is 3.59. The topological polar surface area (TPSA) is 56.1 Å². The largest absolute Gasteiger partial charge is 0.497 e. The van der Waals surface area contributed by atoms with Gasteiger partial charge in [0.15, 0.2) is 5.65 Å². The van der Waals surface area contributed by atoms with Gasteiger partial charge in [0.05, 0.1) is 12.5 Å². The monoisotopic (exact) mass is 415 g/mol. The first-order valence-corrected chi connectivity index (χ1v) is 9.66. The lowest BCUT2D eigenvalue weighted by Crippen LogP contribution is -2.35. The molecule has 0 radical (unpaired) electrons. The maximum atomic E-state index is 5.34. The van der Waals surface area contributed by atoms with Crippen LogP contribution in [0.2, 0.25) is 0 Å². The highest BCUT2D eigenvalue weighted by atomic mass is 79.9. The van der Waals surface area contributed by atoms with Gasteiger partial charge < -0.3 is 9.64 Å². The Morgan fingerprint density at radius 3 is 2.81 bits per heavy atom. The second kappa shape index (κ2) is 7.23. The van der Waals surface area contributed by atoms with E-state index in [2.05, 4.69) is 54.1 Å². The van der Waals surface area contributed by atoms with E-state index < -0.39 is 0 Å². The number of aryl methyl sites for hydroxylation is 1. The van der Waals surface area contributed by atoms with Crippen molar-refractivity contribution in [3.05, 3.63) is 40.8 Å². The minimum absolute atomic E-state index is 0.688. The number of halogens is 1. The van der Waals surface area contributed by atoms with Crippen LogP contribution in [0.4, 0.5) is 5.82 Å². The Morgan fingerprint density at radius 1 is 1.23 bits per heavy atom. The van der Waals surface area contributed by atoms with E-state index in [-0.39, 0.29) is 0 Å². The zero-order chi connectivity index (χ0) is 18.1. The number of nitrogens with zero attached hydrogens (tertiary/aromatic N) is 5. The first-order valence-electron chi connectivity index (χ1n) is 8.87. The molecule has 0 atom stereocenters. The van der Waals surface area contributed by atoms with Crippen molar-refractivity contribution in [2.75, 3.05) is 25.1 Å². The molecule has 0 unspecified atom stereocenters. The molecule has 2 aromatic heterocycles. The Labute approximate surface area is 161 Å². The second-order valence-electron chi connectivity index (χ2n) is 6.80. The van der Waals surface area contributed by atoms with Gasteiger partial charge in [0.1, 0.15) is 22.5 Å². The number of benzene rings is 1. The van der Waals surface area contributed by atoms with E-state index >= 15 is 0 Å². The quantitative estimate of drug-likeness (QED) is 0.651. The van der Waals surface area contributed by atoms with Crippen LogP contribution >= 0.6 is 15.9 Å². The summed E-state index contributed by atoms with van der Waals surface area (Å²) in [5.74, 6) is 2.60. The number of hydrogen-bond donors (Lipinski definition) is 0. The van der Waals surface area contributed by atoms with Gasteiger partial charge in [-0.2, -0.15) is 5.10 Å². The number of anilines is 1. The Hall–Kier alpha value is -2.15. The van der Waals surface area contributed by atoms with Crippen molar-refractivity contribution in [1.82, 2.24) is 19.7 Å². The number of aromatic nitrogens is 4. The summed E-state index contributed by atoms with van der Waals surface area (Å²) in [6.45, 7) is 2.00. The van der Waals surface area contributed by atoms with Crippen LogP contribution in [0.5, 0.6) is 5.75 Å². The van der Waals surface area contributed by atoms with E-state index in [9.17, 15) is 0 Å². The van der Waals surface area contributed by atoms with E-state index in [1.54, 1.807) is 18.1 Å². The number of methoxy groups -OCH3 is 1. The van der Waals surface area contributed by atoms with Crippen molar-refractivity contribution < 1.29 is 4.74 Å². The molecule has 0 N–H and O–H groups in total. The average molecular weight is 416 g/mol. The van der Waals surface area contributed by atoms with Crippen LogP contribution in [0.3, 0.4) is 0 Å². The molecule has 4 rings (SSSR count). The highest BCUT2D eigenvalue weighted by molar-refractivity contribution is 9.10. The molecule has 3 aromatic rings. The van der Waals surface area contributed by atoms with Crippen LogP contribution in [0.15, 0.2) is 35.2 Å². The molecule has 1 aromatic carbocycles. The van der Waals surface area contributed by atoms with Crippen LogP contribution in [0.1, 0.15) is 18.4 Å². The highest BCUT2D eigenvalue weighted by Crippen LogP contribution is 2.32. The van der Waals surface area contributed by atoms with Crippen LogP contribution in [-0.4, -0.2) is 39.9 Å². The van der Waals surface area contributed by atoms with Crippen molar-refractivity contribution in [1.29, 1.82) is 0 Å². The van der Waals surface area contributed by atoms with Crippen molar-refractivity contribution in [3.8, 4) is 5.75 Å². The summed E-state index contributed by atoms with van der Waals surface area (Å²) in [6.07, 6.45) is 5.04. The molecule has 136 valence electrons. The lowest BCUT2D eigenvalue weighted by Gasteiger charge is -2.33. The molecule has 1 fully saturated rings. The van der Waals surface area contributed by atoms with Gasteiger partial charge in [-0.15, -0.1) is 0 Å². The number of fused-ring (bicyclic) bond motifs is 1. The lowest BCUT2D eigenvalue weighted by molar-refractivity contribution is 0.398. The molecule has 7 heteroatoms. The van der Waals surface area contributed by atoms with Crippen LogP contribution < -0.4 is 9.64 Å². The third-order valence-corrected chi connectivity index (χ3v) is 5.69. The minimum atomic E-state index is 0.688. The fourth-order valence-electron chi connectivity index (χ4n) is 3.75. The Bertz CT molecular complexity index is 917. The van der Waals surface area contributed by atoms with Gasteiger partial charge in [0, 0.05) is 20.1 Å². The van der Waals surface area contributed by atoms with E-state index in [1.165, 1.54) is 5.56 Å². The molecule has 1 aliphatic rings. The zero-order valence-electron chi connectivity index (χ0n) is 15.0. The van der Waals surface area contributed by atoms with E-state index in [0.717, 1.165) is 59.6 Å². The van der Waals surface area contributed by atoms with Crippen molar-refractivity contribution in [3.63, 3.8) is 0 Å². The summed E-state index contributed by atoms with van der Waals surface area (Å²) < 4.78 is 7.94. The average Bonchev–Trinajstić information content (AvgIpc) is 2.97. The second-order valence-corrected chi connectivity index (χ2v) is 7.55. The van der Waals surface area contributed by atoms with Crippen LogP contribution in [-0.2, 0) is 13.5 Å². The molecule has 0 saturated carbocycles. The summed E-state index contributed by atoms with van der Waals surface area (Å²) in [6, 6.07) is 8.40. The fourth-order valence-corrected chi connectivity index (χ4v) is 4.34. The first kappa shape index (κ1) is 17.3. The molecule has 1 aliphatic heterocycles. The fraction of sp³-hybridized carbons (Fsp3) is 0.421. The Balaban J connectivity index is 1.47. The molecular formula is C19H22BrN5O. The number of piperidine rings is 1. The predicted molar refractivity (Wildman–Crippen MR) is 106 cm³/mol. The van der Waals surface area contributed by atoms with Crippen LogP contribution in [0, 0.1) is 5.92 Å². The van der Waals surface area contributed by atoms with E-state index in [0.29, 0.717) is 5.92 Å². The zero-order valence-corrected chi connectivity index (χ0v) is 16.6. The Kier molecular flexibility index (Phi) is 4.80. The molecule has 1 saturated heterocycles. The van der Waals surface area contributed by atoms with Crippen molar-refractivity contribution in [2.45, 2.75) is 19.3 Å². The molecule has 6 nitrogen and oxygen atoms in total. The van der Waals surface area contributed by atoms with Gasteiger partial charge in [-0.3, -0.25) is 0 Å². The molecule has 0 spiro atoms. The van der Waals surface area contributed by atoms with Crippen molar-refractivity contribution in [2.24, 2.45) is 13.0 Å². The summed E-state index contributed by atoms with van der Waals surface area (Å²) >= 11 is 3.55. The van der Waals surface area contributed by atoms with Gasteiger partial charge in [-0.05, 0) is 58.8 Å². The summed E-state index contributed by atoms with van der Waals surface area (Å²) in [4.78, 5) is 11.3. The van der Waals surface area contributed by atoms with Crippen molar-refractivity contribution >= 4 is 32.8 Å². The van der Waals surface area contributed by atoms with Gasteiger partial charge in [0.25, 0.3) is 0 Å². The number of hydrogen-bond acceptors (Lipinski definition) is 5.